The Morgan fingerprint density at radius 2 is 2.05 bits per heavy atom. The van der Waals surface area contributed by atoms with Gasteiger partial charge in [-0.2, -0.15) is 0 Å². The van der Waals surface area contributed by atoms with Crippen molar-refractivity contribution >= 4 is 23.2 Å². The zero-order chi connectivity index (χ0) is 14.7. The first-order valence-electron chi connectivity index (χ1n) is 6.53. The zero-order valence-electron chi connectivity index (χ0n) is 11.3. The molecule has 0 unspecified atom stereocenters. The van der Waals surface area contributed by atoms with Gasteiger partial charge in [0.2, 0.25) is 0 Å². The van der Waals surface area contributed by atoms with Crippen LogP contribution in [0.3, 0.4) is 0 Å². The number of rotatable bonds is 4. The molecule has 1 aliphatic rings. The smallest absolute Gasteiger partial charge is 0.104 e. The fourth-order valence-electron chi connectivity index (χ4n) is 2.42. The van der Waals surface area contributed by atoms with Crippen molar-refractivity contribution in [2.45, 2.75) is 18.8 Å². The molecule has 0 spiro atoms. The minimum absolute atomic E-state index is 0.102. The van der Waals surface area contributed by atoms with Crippen LogP contribution >= 0.6 is 23.2 Å². The van der Waals surface area contributed by atoms with Gasteiger partial charge in [0.15, 0.2) is 0 Å². The molecule has 2 N–H and O–H groups in total. The standard InChI is InChI=1S/C14H19Cl2NO3/c1-17(5-9-2-3-11(15)4-12(9)16)6-10-7-20-8-13(18)14(10)19/h2-4,10,13-14,18-19H,5-8H2,1H3/t10-,13-,14+/m1/s1. The van der Waals surface area contributed by atoms with E-state index >= 15 is 0 Å². The summed E-state index contributed by atoms with van der Waals surface area (Å²) < 4.78 is 5.28. The van der Waals surface area contributed by atoms with Gasteiger partial charge in [0.05, 0.1) is 19.3 Å². The molecule has 1 saturated heterocycles. The molecular weight excluding hydrogens is 301 g/mol. The molecule has 0 radical (unpaired) electrons. The van der Waals surface area contributed by atoms with Gasteiger partial charge in [0, 0.05) is 29.1 Å². The van der Waals surface area contributed by atoms with Crippen molar-refractivity contribution < 1.29 is 14.9 Å². The van der Waals surface area contributed by atoms with E-state index < -0.39 is 12.2 Å². The Balaban J connectivity index is 1.93. The predicted molar refractivity (Wildman–Crippen MR) is 79.1 cm³/mol. The number of nitrogens with zero attached hydrogens (tertiary/aromatic N) is 1. The summed E-state index contributed by atoms with van der Waals surface area (Å²) in [7, 11) is 1.94. The molecule has 0 saturated carbocycles. The van der Waals surface area contributed by atoms with Crippen LogP contribution in [0.15, 0.2) is 18.2 Å². The Morgan fingerprint density at radius 1 is 1.30 bits per heavy atom. The van der Waals surface area contributed by atoms with Crippen molar-refractivity contribution in [3.63, 3.8) is 0 Å². The molecule has 1 fully saturated rings. The molecule has 1 heterocycles. The highest BCUT2D eigenvalue weighted by Crippen LogP contribution is 2.23. The maximum atomic E-state index is 9.94. The normalized spacial score (nSPS) is 27.0. The van der Waals surface area contributed by atoms with E-state index in [9.17, 15) is 10.2 Å². The molecule has 0 amide bonds. The number of aliphatic hydroxyl groups excluding tert-OH is 2. The summed E-state index contributed by atoms with van der Waals surface area (Å²) in [5.74, 6) is -0.102. The van der Waals surface area contributed by atoms with Crippen LogP contribution in [-0.2, 0) is 11.3 Å². The van der Waals surface area contributed by atoms with E-state index in [0.29, 0.717) is 29.7 Å². The van der Waals surface area contributed by atoms with E-state index in [1.54, 1.807) is 12.1 Å². The molecule has 1 aliphatic heterocycles. The molecule has 112 valence electrons. The minimum atomic E-state index is -0.804. The summed E-state index contributed by atoms with van der Waals surface area (Å²) in [6.07, 6.45) is -1.55. The van der Waals surface area contributed by atoms with Gasteiger partial charge in [0.25, 0.3) is 0 Å². The lowest BCUT2D eigenvalue weighted by Gasteiger charge is -2.34. The fourth-order valence-corrected chi connectivity index (χ4v) is 2.89. The first-order valence-corrected chi connectivity index (χ1v) is 7.29. The second-order valence-corrected chi connectivity index (χ2v) is 6.13. The van der Waals surface area contributed by atoms with Crippen molar-refractivity contribution in [3.05, 3.63) is 33.8 Å². The van der Waals surface area contributed by atoms with Crippen molar-refractivity contribution in [2.24, 2.45) is 5.92 Å². The lowest BCUT2D eigenvalue weighted by molar-refractivity contribution is -0.125. The van der Waals surface area contributed by atoms with Gasteiger partial charge in [-0.1, -0.05) is 29.3 Å². The van der Waals surface area contributed by atoms with Crippen LogP contribution in [0.4, 0.5) is 0 Å². The van der Waals surface area contributed by atoms with Crippen molar-refractivity contribution in [2.75, 3.05) is 26.8 Å². The quantitative estimate of drug-likeness (QED) is 0.888. The Morgan fingerprint density at radius 3 is 2.75 bits per heavy atom. The molecule has 2 rings (SSSR count). The highest BCUT2D eigenvalue weighted by molar-refractivity contribution is 6.35. The van der Waals surface area contributed by atoms with E-state index in [4.69, 9.17) is 27.9 Å². The number of benzene rings is 1. The van der Waals surface area contributed by atoms with Gasteiger partial charge in [-0.3, -0.25) is 0 Å². The van der Waals surface area contributed by atoms with E-state index in [1.165, 1.54) is 0 Å². The van der Waals surface area contributed by atoms with Gasteiger partial charge in [-0.05, 0) is 24.7 Å². The molecule has 0 aromatic heterocycles. The second-order valence-electron chi connectivity index (χ2n) is 5.29. The van der Waals surface area contributed by atoms with Gasteiger partial charge >= 0.3 is 0 Å². The SMILES string of the molecule is CN(Cc1ccc(Cl)cc1Cl)C[C@@H]1COC[C@@H](O)[C@H]1O. The molecule has 0 bridgehead atoms. The molecule has 6 heteroatoms. The lowest BCUT2D eigenvalue weighted by Crippen LogP contribution is -2.47. The Labute approximate surface area is 128 Å². The Bertz CT molecular complexity index is 458. The molecule has 0 aliphatic carbocycles. The van der Waals surface area contributed by atoms with E-state index in [0.717, 1.165) is 5.56 Å². The number of hydrogen-bond donors (Lipinski definition) is 2. The van der Waals surface area contributed by atoms with Gasteiger partial charge < -0.3 is 19.8 Å². The van der Waals surface area contributed by atoms with E-state index in [2.05, 4.69) is 0 Å². The van der Waals surface area contributed by atoms with Crippen LogP contribution in [0.25, 0.3) is 0 Å². The van der Waals surface area contributed by atoms with Crippen LogP contribution in [0.5, 0.6) is 0 Å². The number of aliphatic hydroxyl groups is 2. The van der Waals surface area contributed by atoms with Gasteiger partial charge in [0.1, 0.15) is 6.10 Å². The Kier molecular flexibility index (Phi) is 5.66. The average molecular weight is 320 g/mol. The van der Waals surface area contributed by atoms with Gasteiger partial charge in [-0.25, -0.2) is 0 Å². The summed E-state index contributed by atoms with van der Waals surface area (Å²) in [4.78, 5) is 2.05. The maximum Gasteiger partial charge on any atom is 0.104 e. The fraction of sp³-hybridized carbons (Fsp3) is 0.571. The predicted octanol–water partition coefficient (Wildman–Crippen LogP) is 1.79. The zero-order valence-corrected chi connectivity index (χ0v) is 12.8. The summed E-state index contributed by atoms with van der Waals surface area (Å²) in [6, 6.07) is 5.41. The molecular formula is C14H19Cl2NO3. The monoisotopic (exact) mass is 319 g/mol. The van der Waals surface area contributed by atoms with E-state index in [-0.39, 0.29) is 12.5 Å². The molecule has 1 aromatic rings. The van der Waals surface area contributed by atoms with E-state index in [1.807, 2.05) is 18.0 Å². The minimum Gasteiger partial charge on any atom is -0.390 e. The molecule has 4 nitrogen and oxygen atoms in total. The summed E-state index contributed by atoms with van der Waals surface area (Å²) in [6.45, 7) is 1.92. The average Bonchev–Trinajstić information content (AvgIpc) is 2.38. The van der Waals surface area contributed by atoms with Gasteiger partial charge in [-0.15, -0.1) is 0 Å². The number of hydrogen-bond acceptors (Lipinski definition) is 4. The summed E-state index contributed by atoms with van der Waals surface area (Å²) in [5.41, 5.74) is 0.977. The van der Waals surface area contributed by atoms with Crippen LogP contribution < -0.4 is 0 Å². The summed E-state index contributed by atoms with van der Waals surface area (Å²) in [5, 5.41) is 20.8. The third-order valence-electron chi connectivity index (χ3n) is 3.50. The van der Waals surface area contributed by atoms with Crippen LogP contribution in [0.1, 0.15) is 5.56 Å². The van der Waals surface area contributed by atoms with Crippen LogP contribution in [-0.4, -0.2) is 54.1 Å². The van der Waals surface area contributed by atoms with Crippen molar-refractivity contribution in [1.82, 2.24) is 4.90 Å². The van der Waals surface area contributed by atoms with Crippen LogP contribution in [0, 0.1) is 5.92 Å². The second kappa shape index (κ2) is 7.07. The first-order chi connectivity index (χ1) is 9.47. The largest absolute Gasteiger partial charge is 0.390 e. The third-order valence-corrected chi connectivity index (χ3v) is 4.09. The highest BCUT2D eigenvalue weighted by Gasteiger charge is 2.31. The third kappa shape index (κ3) is 4.07. The maximum absolute atomic E-state index is 9.94. The first kappa shape index (κ1) is 16.0. The van der Waals surface area contributed by atoms with Crippen LogP contribution in [0.2, 0.25) is 10.0 Å². The number of halogens is 2. The number of ether oxygens (including phenoxy) is 1. The van der Waals surface area contributed by atoms with Crippen molar-refractivity contribution in [3.8, 4) is 0 Å². The highest BCUT2D eigenvalue weighted by atomic mass is 35.5. The molecule has 20 heavy (non-hydrogen) atoms. The summed E-state index contributed by atoms with van der Waals surface area (Å²) >= 11 is 12.0. The lowest BCUT2D eigenvalue weighted by atomic mass is 9.96. The molecule has 3 atom stereocenters. The van der Waals surface area contributed by atoms with Crippen molar-refractivity contribution in [1.29, 1.82) is 0 Å². The molecule has 1 aromatic carbocycles. The Hall–Kier alpha value is -0.360. The topological polar surface area (TPSA) is 52.9 Å².